The van der Waals surface area contributed by atoms with Crippen LogP contribution < -0.4 is 5.32 Å². The highest BCUT2D eigenvalue weighted by Crippen LogP contribution is 2.18. The predicted octanol–water partition coefficient (Wildman–Crippen LogP) is 2.50. The molecule has 16 heavy (non-hydrogen) atoms. The van der Waals surface area contributed by atoms with Crippen LogP contribution in [-0.4, -0.2) is 17.6 Å². The fourth-order valence-corrected chi connectivity index (χ4v) is 1.23. The highest BCUT2D eigenvalue weighted by Gasteiger charge is 2.14. The number of carbonyl (C=O) groups is 1. The zero-order valence-electron chi connectivity index (χ0n) is 10.0. The topological polar surface area (TPSA) is 62.5 Å². The van der Waals surface area contributed by atoms with Crippen LogP contribution in [0, 0.1) is 5.41 Å². The fraction of sp³-hybridized carbons (Fsp3) is 0.583. The fourth-order valence-electron chi connectivity index (χ4n) is 1.23. The minimum Gasteiger partial charge on any atom is -0.478 e. The lowest BCUT2D eigenvalue weighted by molar-refractivity contribution is 0.0696. The average molecular weight is 225 g/mol. The van der Waals surface area contributed by atoms with Crippen LogP contribution in [-0.2, 0) is 6.54 Å². The van der Waals surface area contributed by atoms with Crippen LogP contribution in [0.2, 0.25) is 0 Å². The van der Waals surface area contributed by atoms with Crippen molar-refractivity contribution in [2.24, 2.45) is 5.41 Å². The molecule has 0 radical (unpaired) electrons. The van der Waals surface area contributed by atoms with Crippen LogP contribution in [0.1, 0.15) is 43.3 Å². The summed E-state index contributed by atoms with van der Waals surface area (Å²) in [5.74, 6) is -0.298. The Balaban J connectivity index is 2.40. The van der Waals surface area contributed by atoms with Gasteiger partial charge in [0.1, 0.15) is 12.0 Å². The Labute approximate surface area is 95.7 Å². The molecule has 0 saturated carbocycles. The van der Waals surface area contributed by atoms with Gasteiger partial charge >= 0.3 is 5.97 Å². The molecule has 0 unspecified atom stereocenters. The third kappa shape index (κ3) is 3.70. The molecular weight excluding hydrogens is 206 g/mol. The van der Waals surface area contributed by atoms with Gasteiger partial charge in [-0.15, -0.1) is 0 Å². The van der Waals surface area contributed by atoms with E-state index in [1.165, 1.54) is 6.26 Å². The van der Waals surface area contributed by atoms with Crippen molar-refractivity contribution in [2.75, 3.05) is 6.54 Å². The molecule has 1 heterocycles. The second-order valence-electron chi connectivity index (χ2n) is 4.73. The number of aromatic carboxylic acids is 1. The molecular formula is C12H19NO3. The van der Waals surface area contributed by atoms with E-state index in [9.17, 15) is 4.79 Å². The molecule has 0 saturated heterocycles. The van der Waals surface area contributed by atoms with E-state index in [-0.39, 0.29) is 11.0 Å². The Kier molecular flexibility index (Phi) is 4.12. The molecule has 0 amide bonds. The van der Waals surface area contributed by atoms with E-state index in [0.717, 1.165) is 13.0 Å². The van der Waals surface area contributed by atoms with E-state index >= 15 is 0 Å². The summed E-state index contributed by atoms with van der Waals surface area (Å²) in [7, 11) is 0. The first-order valence-electron chi connectivity index (χ1n) is 5.46. The first-order valence-corrected chi connectivity index (χ1v) is 5.46. The van der Waals surface area contributed by atoms with Gasteiger partial charge in [0.2, 0.25) is 0 Å². The maximum absolute atomic E-state index is 10.6. The lowest BCUT2D eigenvalue weighted by Gasteiger charge is -2.22. The molecule has 0 aliphatic rings. The van der Waals surface area contributed by atoms with Crippen molar-refractivity contribution in [1.29, 1.82) is 0 Å². The molecule has 0 aliphatic heterocycles. The largest absolute Gasteiger partial charge is 0.478 e. The SMILES string of the molecule is CCC(C)(C)CNCc1cc(C(=O)O)co1. The predicted molar refractivity (Wildman–Crippen MR) is 61.4 cm³/mol. The standard InChI is InChI=1S/C12H19NO3/c1-4-12(2,3)8-13-6-10-5-9(7-16-10)11(14)15/h5,7,13H,4,6,8H2,1-3H3,(H,14,15). The molecule has 0 fully saturated rings. The summed E-state index contributed by atoms with van der Waals surface area (Å²) < 4.78 is 5.13. The zero-order chi connectivity index (χ0) is 12.2. The third-order valence-corrected chi connectivity index (χ3v) is 2.76. The van der Waals surface area contributed by atoms with Crippen molar-refractivity contribution in [1.82, 2.24) is 5.32 Å². The van der Waals surface area contributed by atoms with Gasteiger partial charge in [-0.1, -0.05) is 20.8 Å². The van der Waals surface area contributed by atoms with Crippen molar-refractivity contribution < 1.29 is 14.3 Å². The van der Waals surface area contributed by atoms with Crippen molar-refractivity contribution in [3.63, 3.8) is 0 Å². The summed E-state index contributed by atoms with van der Waals surface area (Å²) in [6.45, 7) is 7.97. The number of hydrogen-bond donors (Lipinski definition) is 2. The summed E-state index contributed by atoms with van der Waals surface area (Å²) in [4.78, 5) is 10.6. The van der Waals surface area contributed by atoms with E-state index in [2.05, 4.69) is 26.1 Å². The van der Waals surface area contributed by atoms with Gasteiger partial charge in [-0.25, -0.2) is 4.79 Å². The van der Waals surface area contributed by atoms with E-state index in [1.54, 1.807) is 6.07 Å². The van der Waals surface area contributed by atoms with Crippen LogP contribution >= 0.6 is 0 Å². The number of hydrogen-bond acceptors (Lipinski definition) is 3. The Morgan fingerprint density at radius 3 is 2.75 bits per heavy atom. The Hall–Kier alpha value is -1.29. The molecule has 0 spiro atoms. The van der Waals surface area contributed by atoms with E-state index in [0.29, 0.717) is 12.3 Å². The highest BCUT2D eigenvalue weighted by atomic mass is 16.4. The molecule has 1 aromatic rings. The van der Waals surface area contributed by atoms with Crippen LogP contribution in [0.3, 0.4) is 0 Å². The summed E-state index contributed by atoms with van der Waals surface area (Å²) in [5.41, 5.74) is 0.453. The van der Waals surface area contributed by atoms with Gasteiger partial charge in [-0.3, -0.25) is 0 Å². The summed E-state index contributed by atoms with van der Waals surface area (Å²) >= 11 is 0. The molecule has 1 aromatic heterocycles. The number of carboxylic acids is 1. The first-order chi connectivity index (χ1) is 7.44. The van der Waals surface area contributed by atoms with Crippen molar-refractivity contribution in [3.8, 4) is 0 Å². The van der Waals surface area contributed by atoms with Gasteiger partial charge in [0.15, 0.2) is 0 Å². The quantitative estimate of drug-likeness (QED) is 0.780. The van der Waals surface area contributed by atoms with Crippen molar-refractivity contribution >= 4 is 5.97 Å². The lowest BCUT2D eigenvalue weighted by Crippen LogP contribution is -2.28. The Bertz CT molecular complexity index is 355. The summed E-state index contributed by atoms with van der Waals surface area (Å²) in [6.07, 6.45) is 2.36. The summed E-state index contributed by atoms with van der Waals surface area (Å²) in [5, 5.41) is 12.0. The third-order valence-electron chi connectivity index (χ3n) is 2.76. The van der Waals surface area contributed by atoms with Gasteiger partial charge < -0.3 is 14.8 Å². The van der Waals surface area contributed by atoms with Crippen LogP contribution in [0.5, 0.6) is 0 Å². The van der Waals surface area contributed by atoms with E-state index < -0.39 is 5.97 Å². The molecule has 4 heteroatoms. The number of carboxylic acid groups (broad SMARTS) is 1. The van der Waals surface area contributed by atoms with Gasteiger partial charge in [0, 0.05) is 6.54 Å². The molecule has 0 bridgehead atoms. The van der Waals surface area contributed by atoms with E-state index in [1.807, 2.05) is 0 Å². The van der Waals surface area contributed by atoms with Crippen LogP contribution in [0.15, 0.2) is 16.7 Å². The maximum Gasteiger partial charge on any atom is 0.338 e. The van der Waals surface area contributed by atoms with Crippen molar-refractivity contribution in [3.05, 3.63) is 23.7 Å². The molecule has 90 valence electrons. The van der Waals surface area contributed by atoms with Gasteiger partial charge in [0.05, 0.1) is 12.1 Å². The second kappa shape index (κ2) is 5.16. The molecule has 0 aromatic carbocycles. The van der Waals surface area contributed by atoms with E-state index in [4.69, 9.17) is 9.52 Å². The average Bonchev–Trinajstić information content (AvgIpc) is 2.66. The normalized spacial score (nSPS) is 11.7. The minimum absolute atomic E-state index is 0.201. The maximum atomic E-state index is 10.6. The molecule has 0 aliphatic carbocycles. The zero-order valence-corrected chi connectivity index (χ0v) is 10.0. The lowest BCUT2D eigenvalue weighted by atomic mass is 9.90. The highest BCUT2D eigenvalue weighted by molar-refractivity contribution is 5.87. The number of furan rings is 1. The Morgan fingerprint density at radius 2 is 2.25 bits per heavy atom. The molecule has 2 N–H and O–H groups in total. The number of rotatable bonds is 6. The van der Waals surface area contributed by atoms with Gasteiger partial charge in [-0.05, 0) is 17.9 Å². The van der Waals surface area contributed by atoms with Crippen LogP contribution in [0.25, 0.3) is 0 Å². The van der Waals surface area contributed by atoms with Crippen molar-refractivity contribution in [2.45, 2.75) is 33.7 Å². The second-order valence-corrected chi connectivity index (χ2v) is 4.73. The minimum atomic E-state index is -0.955. The van der Waals surface area contributed by atoms with Gasteiger partial charge in [-0.2, -0.15) is 0 Å². The van der Waals surface area contributed by atoms with Gasteiger partial charge in [0.25, 0.3) is 0 Å². The van der Waals surface area contributed by atoms with Crippen LogP contribution in [0.4, 0.5) is 0 Å². The first kappa shape index (κ1) is 12.8. The summed E-state index contributed by atoms with van der Waals surface area (Å²) in [6, 6.07) is 1.55. The smallest absolute Gasteiger partial charge is 0.338 e. The Morgan fingerprint density at radius 1 is 1.56 bits per heavy atom. The molecule has 0 atom stereocenters. The molecule has 1 rings (SSSR count). The monoisotopic (exact) mass is 225 g/mol. The molecule has 4 nitrogen and oxygen atoms in total. The number of nitrogens with one attached hydrogen (secondary N) is 1.